The molecule has 2 atom stereocenters. The van der Waals surface area contributed by atoms with Gasteiger partial charge in [0.1, 0.15) is 16.7 Å². The van der Waals surface area contributed by atoms with Crippen LogP contribution in [-0.2, 0) is 0 Å². The second-order valence-electron chi connectivity index (χ2n) is 8.93. The molecule has 0 N–H and O–H groups in total. The monoisotopic (exact) mass is 472 g/mol. The fourth-order valence-electron chi connectivity index (χ4n) is 4.82. The number of aryl methyl sites for hydroxylation is 1. The number of likely N-dealkylation sites (tertiary alicyclic amines) is 1. The molecule has 168 valence electrons. The van der Waals surface area contributed by atoms with E-state index in [1.54, 1.807) is 12.1 Å². The molecular weight excluding hydrogens is 447 g/mol. The highest BCUT2D eigenvalue weighted by Crippen LogP contribution is 2.33. The van der Waals surface area contributed by atoms with Crippen molar-refractivity contribution < 1.29 is 4.79 Å². The zero-order valence-corrected chi connectivity index (χ0v) is 19.8. The first-order valence-electron chi connectivity index (χ1n) is 11.2. The maximum Gasteiger partial charge on any atom is 0.274 e. The lowest BCUT2D eigenvalue weighted by molar-refractivity contribution is 0.0600. The van der Waals surface area contributed by atoms with Gasteiger partial charge < -0.3 is 9.80 Å². The number of anilines is 1. The van der Waals surface area contributed by atoms with Gasteiger partial charge >= 0.3 is 0 Å². The van der Waals surface area contributed by atoms with Gasteiger partial charge in [0.15, 0.2) is 5.65 Å². The van der Waals surface area contributed by atoms with E-state index in [1.807, 2.05) is 21.7 Å². The molecule has 3 aromatic heterocycles. The smallest absolute Gasteiger partial charge is 0.274 e. The number of pyridine rings is 1. The Morgan fingerprint density at radius 1 is 1.12 bits per heavy atom. The van der Waals surface area contributed by atoms with Gasteiger partial charge in [-0.05, 0) is 50.7 Å². The Bertz CT molecular complexity index is 1180. The van der Waals surface area contributed by atoms with E-state index in [4.69, 9.17) is 33.3 Å². The highest BCUT2D eigenvalue weighted by atomic mass is 35.5. The number of amides is 1. The number of carbonyl (C=O) groups is 1. The summed E-state index contributed by atoms with van der Waals surface area (Å²) in [7, 11) is 0. The molecule has 0 spiro atoms. The van der Waals surface area contributed by atoms with Crippen molar-refractivity contribution in [3.8, 4) is 0 Å². The lowest BCUT2D eigenvalue weighted by atomic mass is 9.99. The van der Waals surface area contributed by atoms with Crippen LogP contribution < -0.4 is 4.90 Å². The third-order valence-electron chi connectivity index (χ3n) is 6.47. The molecule has 7 nitrogen and oxygen atoms in total. The molecule has 0 radical (unpaired) electrons. The van der Waals surface area contributed by atoms with E-state index in [-0.39, 0.29) is 22.8 Å². The predicted molar refractivity (Wildman–Crippen MR) is 126 cm³/mol. The summed E-state index contributed by atoms with van der Waals surface area (Å²) < 4.78 is 1.83. The van der Waals surface area contributed by atoms with E-state index >= 15 is 0 Å². The molecule has 0 aromatic carbocycles. The first kappa shape index (κ1) is 21.5. The third-order valence-corrected chi connectivity index (χ3v) is 6.98. The molecule has 2 fully saturated rings. The van der Waals surface area contributed by atoms with Crippen LogP contribution in [0.2, 0.25) is 10.2 Å². The minimum absolute atomic E-state index is 0.148. The minimum Gasteiger partial charge on any atom is -0.356 e. The summed E-state index contributed by atoms with van der Waals surface area (Å²) in [5, 5.41) is 5.37. The quantitative estimate of drug-likeness (QED) is 0.504. The van der Waals surface area contributed by atoms with Gasteiger partial charge in [-0.2, -0.15) is 5.10 Å². The number of nitrogens with zero attached hydrogens (tertiary/aromatic N) is 6. The second kappa shape index (κ2) is 8.52. The summed E-state index contributed by atoms with van der Waals surface area (Å²) in [6, 6.07) is 5.06. The number of hydrogen-bond donors (Lipinski definition) is 0. The van der Waals surface area contributed by atoms with E-state index in [0.29, 0.717) is 17.5 Å². The van der Waals surface area contributed by atoms with Crippen LogP contribution in [-0.4, -0.2) is 50.0 Å². The average molecular weight is 473 g/mol. The zero-order valence-electron chi connectivity index (χ0n) is 18.3. The van der Waals surface area contributed by atoms with Gasteiger partial charge in [0.05, 0.1) is 16.8 Å². The number of piperidine rings is 1. The molecule has 5 rings (SSSR count). The fraction of sp³-hybridized carbons (Fsp3) is 0.478. The number of halogens is 2. The van der Waals surface area contributed by atoms with Crippen molar-refractivity contribution in [2.24, 2.45) is 5.92 Å². The first-order chi connectivity index (χ1) is 15.4. The van der Waals surface area contributed by atoms with Crippen molar-refractivity contribution in [3.63, 3.8) is 0 Å². The first-order valence-corrected chi connectivity index (χ1v) is 11.9. The molecule has 9 heteroatoms. The van der Waals surface area contributed by atoms with Crippen LogP contribution in [0.15, 0.2) is 24.4 Å². The zero-order chi connectivity index (χ0) is 22.4. The molecular formula is C23H26Cl2N6O. The summed E-state index contributed by atoms with van der Waals surface area (Å²) >= 11 is 12.3. The van der Waals surface area contributed by atoms with Crippen LogP contribution in [0.25, 0.3) is 5.65 Å². The van der Waals surface area contributed by atoms with Gasteiger partial charge in [-0.1, -0.05) is 30.1 Å². The standard InChI is InChI=1S/C23H26Cl2N6O/c1-14-8-10-29(12-14)22-15(2)13-31-20(27-22)11-17(28-31)18-5-3-4-9-30(18)23(32)21-16(24)6-7-19(25)26-21/h6-7,11,13-14,18H,3-5,8-10,12H2,1-2H3. The Balaban J connectivity index is 1.48. The Labute approximate surface area is 197 Å². The van der Waals surface area contributed by atoms with Gasteiger partial charge in [0.2, 0.25) is 0 Å². The van der Waals surface area contributed by atoms with Gasteiger partial charge in [0, 0.05) is 37.5 Å². The SMILES string of the molecule is Cc1cn2nc(C3CCCCN3C(=O)c3nc(Cl)ccc3Cl)cc2nc1N1CCC(C)C1. The van der Waals surface area contributed by atoms with Crippen molar-refractivity contribution in [2.45, 2.75) is 45.6 Å². The Morgan fingerprint density at radius 3 is 2.75 bits per heavy atom. The molecule has 2 saturated heterocycles. The minimum atomic E-state index is -0.213. The van der Waals surface area contributed by atoms with E-state index in [2.05, 4.69) is 23.7 Å². The number of rotatable bonds is 3. The van der Waals surface area contributed by atoms with Crippen LogP contribution >= 0.6 is 23.2 Å². The van der Waals surface area contributed by atoms with E-state index in [9.17, 15) is 4.79 Å². The molecule has 0 bridgehead atoms. The highest BCUT2D eigenvalue weighted by molar-refractivity contribution is 6.34. The number of aromatic nitrogens is 4. The van der Waals surface area contributed by atoms with E-state index < -0.39 is 0 Å². The van der Waals surface area contributed by atoms with E-state index in [0.717, 1.165) is 55.1 Å². The van der Waals surface area contributed by atoms with Crippen molar-refractivity contribution in [1.82, 2.24) is 24.5 Å². The molecule has 3 aromatic rings. The van der Waals surface area contributed by atoms with Crippen molar-refractivity contribution in [1.29, 1.82) is 0 Å². The van der Waals surface area contributed by atoms with Crippen LogP contribution in [0.3, 0.4) is 0 Å². The molecule has 2 aliphatic heterocycles. The van der Waals surface area contributed by atoms with Crippen LogP contribution in [0.5, 0.6) is 0 Å². The number of carbonyl (C=O) groups excluding carboxylic acids is 1. The lowest BCUT2D eigenvalue weighted by Crippen LogP contribution is -2.39. The number of hydrogen-bond acceptors (Lipinski definition) is 5. The van der Waals surface area contributed by atoms with Crippen molar-refractivity contribution in [2.75, 3.05) is 24.5 Å². The van der Waals surface area contributed by atoms with Gasteiger partial charge in [-0.3, -0.25) is 4.79 Å². The molecule has 5 heterocycles. The maximum absolute atomic E-state index is 13.3. The molecule has 2 aliphatic rings. The summed E-state index contributed by atoms with van der Waals surface area (Å²) in [4.78, 5) is 26.7. The predicted octanol–water partition coefficient (Wildman–Crippen LogP) is 4.95. The highest BCUT2D eigenvalue weighted by Gasteiger charge is 2.32. The topological polar surface area (TPSA) is 66.6 Å². The summed E-state index contributed by atoms with van der Waals surface area (Å²) in [5.41, 5.74) is 2.94. The Morgan fingerprint density at radius 2 is 1.97 bits per heavy atom. The maximum atomic E-state index is 13.3. The largest absolute Gasteiger partial charge is 0.356 e. The van der Waals surface area contributed by atoms with Gasteiger partial charge in [-0.25, -0.2) is 14.5 Å². The Hall–Kier alpha value is -2.38. The molecule has 32 heavy (non-hydrogen) atoms. The van der Waals surface area contributed by atoms with Crippen LogP contribution in [0, 0.1) is 12.8 Å². The molecule has 0 aliphatic carbocycles. The van der Waals surface area contributed by atoms with Gasteiger partial charge in [0.25, 0.3) is 5.91 Å². The third kappa shape index (κ3) is 3.92. The molecule has 1 amide bonds. The normalized spacial score (nSPS) is 21.5. The molecule has 2 unspecified atom stereocenters. The summed E-state index contributed by atoms with van der Waals surface area (Å²) in [6.07, 6.45) is 6.03. The second-order valence-corrected chi connectivity index (χ2v) is 9.73. The fourth-order valence-corrected chi connectivity index (χ4v) is 5.15. The summed E-state index contributed by atoms with van der Waals surface area (Å²) in [6.45, 7) is 7.05. The lowest BCUT2D eigenvalue weighted by Gasteiger charge is -2.34. The van der Waals surface area contributed by atoms with Crippen LogP contribution in [0.1, 0.15) is 60.4 Å². The number of fused-ring (bicyclic) bond motifs is 1. The average Bonchev–Trinajstić information content (AvgIpc) is 3.40. The summed E-state index contributed by atoms with van der Waals surface area (Å²) in [5.74, 6) is 1.50. The van der Waals surface area contributed by atoms with Crippen molar-refractivity contribution >= 4 is 40.6 Å². The van der Waals surface area contributed by atoms with Crippen molar-refractivity contribution in [3.05, 3.63) is 51.5 Å². The molecule has 0 saturated carbocycles. The van der Waals surface area contributed by atoms with E-state index in [1.165, 1.54) is 6.42 Å². The van der Waals surface area contributed by atoms with Gasteiger partial charge in [-0.15, -0.1) is 0 Å². The van der Waals surface area contributed by atoms with Crippen LogP contribution in [0.4, 0.5) is 5.82 Å². The Kier molecular flexibility index (Phi) is 5.72.